The Morgan fingerprint density at radius 3 is 2.69 bits per heavy atom. The van der Waals surface area contributed by atoms with E-state index in [0.717, 1.165) is 0 Å². The summed E-state index contributed by atoms with van der Waals surface area (Å²) in [5.74, 6) is -0.308. The van der Waals surface area contributed by atoms with Crippen LogP contribution in [0.1, 0.15) is 18.1 Å². The summed E-state index contributed by atoms with van der Waals surface area (Å²) in [4.78, 5) is 1.95. The zero-order valence-electron chi connectivity index (χ0n) is 9.90. The van der Waals surface area contributed by atoms with Crippen molar-refractivity contribution in [1.29, 1.82) is 0 Å². The van der Waals surface area contributed by atoms with E-state index in [1.54, 1.807) is 12.1 Å². The second kappa shape index (κ2) is 5.82. The Hall–Kier alpha value is -1.13. The number of ether oxygens (including phenoxy) is 1. The lowest BCUT2D eigenvalue weighted by Gasteiger charge is -2.16. The molecule has 16 heavy (non-hydrogen) atoms. The highest BCUT2D eigenvalue weighted by Gasteiger charge is 2.15. The largest absolute Gasteiger partial charge is 0.494 e. The van der Waals surface area contributed by atoms with Crippen LogP contribution >= 0.6 is 0 Å². The van der Waals surface area contributed by atoms with Crippen LogP contribution in [0.15, 0.2) is 18.2 Å². The zero-order valence-corrected chi connectivity index (χ0v) is 9.90. The van der Waals surface area contributed by atoms with E-state index in [-0.39, 0.29) is 5.75 Å². The molecule has 1 rings (SSSR count). The van der Waals surface area contributed by atoms with Gasteiger partial charge in [0.25, 0.3) is 0 Å². The van der Waals surface area contributed by atoms with Crippen LogP contribution in [0.25, 0.3) is 0 Å². The molecule has 1 atom stereocenters. The molecule has 0 bridgehead atoms. The molecule has 0 aromatic heterocycles. The molecule has 0 aliphatic carbocycles. The minimum Gasteiger partial charge on any atom is -0.494 e. The molecule has 90 valence electrons. The van der Waals surface area contributed by atoms with E-state index in [9.17, 15) is 9.50 Å². The number of halogens is 1. The van der Waals surface area contributed by atoms with Gasteiger partial charge >= 0.3 is 0 Å². The summed E-state index contributed by atoms with van der Waals surface area (Å²) in [6, 6.07) is 4.80. The summed E-state index contributed by atoms with van der Waals surface area (Å²) < 4.78 is 18.6. The molecule has 1 N–H and O–H groups in total. The van der Waals surface area contributed by atoms with Crippen LogP contribution in [-0.4, -0.2) is 37.8 Å². The fraction of sp³-hybridized carbons (Fsp3) is 0.500. The number of rotatable bonds is 5. The van der Waals surface area contributed by atoms with E-state index in [0.29, 0.717) is 18.5 Å². The Morgan fingerprint density at radius 1 is 1.44 bits per heavy atom. The third kappa shape index (κ3) is 3.18. The van der Waals surface area contributed by atoms with Crippen molar-refractivity contribution in [3.05, 3.63) is 29.6 Å². The highest BCUT2D eigenvalue weighted by molar-refractivity contribution is 5.32. The number of benzene rings is 1. The van der Waals surface area contributed by atoms with Crippen molar-refractivity contribution in [3.8, 4) is 5.75 Å². The molecule has 0 amide bonds. The van der Waals surface area contributed by atoms with Gasteiger partial charge in [-0.25, -0.2) is 4.39 Å². The van der Waals surface area contributed by atoms with Gasteiger partial charge in [0.1, 0.15) is 0 Å². The fourth-order valence-corrected chi connectivity index (χ4v) is 1.48. The van der Waals surface area contributed by atoms with E-state index >= 15 is 0 Å². The van der Waals surface area contributed by atoms with E-state index in [1.807, 2.05) is 19.0 Å². The Balaban J connectivity index is 2.78. The first-order chi connectivity index (χ1) is 7.56. The van der Waals surface area contributed by atoms with Crippen LogP contribution in [0, 0.1) is 5.82 Å². The quantitative estimate of drug-likeness (QED) is 0.832. The first-order valence-corrected chi connectivity index (χ1v) is 5.21. The second-order valence-electron chi connectivity index (χ2n) is 3.97. The van der Waals surface area contributed by atoms with Gasteiger partial charge in [0.2, 0.25) is 0 Å². The lowest BCUT2D eigenvalue weighted by atomic mass is 10.1. The van der Waals surface area contributed by atoms with Crippen molar-refractivity contribution in [2.45, 2.75) is 12.5 Å². The summed E-state index contributed by atoms with van der Waals surface area (Å²) in [5, 5.41) is 9.85. The molecule has 1 aromatic carbocycles. The van der Waals surface area contributed by atoms with E-state index in [4.69, 9.17) is 4.74 Å². The van der Waals surface area contributed by atoms with Crippen LogP contribution in [0.3, 0.4) is 0 Å². The van der Waals surface area contributed by atoms with Gasteiger partial charge in [-0.3, -0.25) is 0 Å². The first kappa shape index (κ1) is 12.9. The standard InChI is InChI=1S/C12H18FNO2/c1-14(2)8-7-10(15)9-5-4-6-11(16-3)12(9)13/h4-6,10,15H,7-8H2,1-3H3. The lowest BCUT2D eigenvalue weighted by molar-refractivity contribution is 0.149. The Kier molecular flexibility index (Phi) is 4.71. The van der Waals surface area contributed by atoms with Crippen molar-refractivity contribution in [3.63, 3.8) is 0 Å². The molecular formula is C12H18FNO2. The molecule has 0 spiro atoms. The van der Waals surface area contributed by atoms with E-state index in [1.165, 1.54) is 13.2 Å². The van der Waals surface area contributed by atoms with Crippen LogP contribution in [-0.2, 0) is 0 Å². The molecule has 4 heteroatoms. The van der Waals surface area contributed by atoms with Gasteiger partial charge in [-0.1, -0.05) is 12.1 Å². The topological polar surface area (TPSA) is 32.7 Å². The van der Waals surface area contributed by atoms with E-state index < -0.39 is 11.9 Å². The van der Waals surface area contributed by atoms with Crippen LogP contribution < -0.4 is 4.74 Å². The Labute approximate surface area is 95.5 Å². The lowest BCUT2D eigenvalue weighted by Crippen LogP contribution is -2.16. The Morgan fingerprint density at radius 2 is 2.12 bits per heavy atom. The summed E-state index contributed by atoms with van der Waals surface area (Å²) in [7, 11) is 5.23. The van der Waals surface area contributed by atoms with Crippen molar-refractivity contribution < 1.29 is 14.2 Å². The molecule has 0 fully saturated rings. The molecule has 1 aromatic rings. The van der Waals surface area contributed by atoms with Gasteiger partial charge in [0.15, 0.2) is 11.6 Å². The maximum absolute atomic E-state index is 13.7. The number of hydrogen-bond acceptors (Lipinski definition) is 3. The average Bonchev–Trinajstić information content (AvgIpc) is 2.26. The molecule has 0 radical (unpaired) electrons. The molecule has 0 saturated carbocycles. The molecule has 3 nitrogen and oxygen atoms in total. The number of nitrogens with zero attached hydrogens (tertiary/aromatic N) is 1. The van der Waals surface area contributed by atoms with E-state index in [2.05, 4.69) is 0 Å². The van der Waals surface area contributed by atoms with Gasteiger partial charge < -0.3 is 14.7 Å². The first-order valence-electron chi connectivity index (χ1n) is 5.21. The van der Waals surface area contributed by atoms with Crippen LogP contribution in [0.5, 0.6) is 5.75 Å². The van der Waals surface area contributed by atoms with Crippen molar-refractivity contribution >= 4 is 0 Å². The van der Waals surface area contributed by atoms with Gasteiger partial charge in [-0.2, -0.15) is 0 Å². The monoisotopic (exact) mass is 227 g/mol. The predicted molar refractivity (Wildman–Crippen MR) is 61.1 cm³/mol. The summed E-state index contributed by atoms with van der Waals surface area (Å²) in [6.07, 6.45) is -0.297. The fourth-order valence-electron chi connectivity index (χ4n) is 1.48. The number of aliphatic hydroxyl groups excluding tert-OH is 1. The van der Waals surface area contributed by atoms with Crippen LogP contribution in [0.2, 0.25) is 0 Å². The minimum absolute atomic E-state index is 0.168. The molecule has 0 aliphatic heterocycles. The molecule has 0 heterocycles. The zero-order chi connectivity index (χ0) is 12.1. The van der Waals surface area contributed by atoms with Gasteiger partial charge in [0.05, 0.1) is 13.2 Å². The average molecular weight is 227 g/mol. The molecular weight excluding hydrogens is 209 g/mol. The maximum atomic E-state index is 13.7. The van der Waals surface area contributed by atoms with Crippen molar-refractivity contribution in [1.82, 2.24) is 4.90 Å². The molecule has 0 saturated heterocycles. The van der Waals surface area contributed by atoms with Crippen molar-refractivity contribution in [2.24, 2.45) is 0 Å². The van der Waals surface area contributed by atoms with Crippen LogP contribution in [0.4, 0.5) is 4.39 Å². The highest BCUT2D eigenvalue weighted by Crippen LogP contribution is 2.26. The van der Waals surface area contributed by atoms with Gasteiger partial charge in [0, 0.05) is 12.1 Å². The normalized spacial score (nSPS) is 12.9. The number of hydrogen-bond donors (Lipinski definition) is 1. The summed E-state index contributed by atoms with van der Waals surface area (Å²) in [5.41, 5.74) is 0.293. The SMILES string of the molecule is COc1cccc(C(O)CCN(C)C)c1F. The van der Waals surface area contributed by atoms with Gasteiger partial charge in [-0.15, -0.1) is 0 Å². The second-order valence-corrected chi connectivity index (χ2v) is 3.97. The van der Waals surface area contributed by atoms with Crippen molar-refractivity contribution in [2.75, 3.05) is 27.7 Å². The number of methoxy groups -OCH3 is 1. The highest BCUT2D eigenvalue weighted by atomic mass is 19.1. The minimum atomic E-state index is -0.794. The number of aliphatic hydroxyl groups is 1. The summed E-state index contributed by atoms with van der Waals surface area (Å²) in [6.45, 7) is 0.706. The Bertz CT molecular complexity index is 342. The predicted octanol–water partition coefficient (Wildman–Crippen LogP) is 1.82. The molecule has 0 aliphatic rings. The smallest absolute Gasteiger partial charge is 0.170 e. The third-order valence-corrected chi connectivity index (χ3v) is 2.42. The third-order valence-electron chi connectivity index (χ3n) is 2.42. The maximum Gasteiger partial charge on any atom is 0.170 e. The van der Waals surface area contributed by atoms with Gasteiger partial charge in [-0.05, 0) is 26.6 Å². The molecule has 1 unspecified atom stereocenters. The summed E-state index contributed by atoms with van der Waals surface area (Å²) >= 11 is 0.